The number of rotatable bonds is 3. The van der Waals surface area contributed by atoms with Crippen LogP contribution in [0.4, 0.5) is 0 Å². The van der Waals surface area contributed by atoms with E-state index < -0.39 is 0 Å². The molecule has 0 radical (unpaired) electrons. The Hall–Kier alpha value is -1.18. The molecule has 7 heteroatoms. The number of hydrogen-bond acceptors (Lipinski definition) is 6. The molecule has 0 atom stereocenters. The van der Waals surface area contributed by atoms with Crippen molar-refractivity contribution in [2.24, 2.45) is 0 Å². The second-order valence-corrected chi connectivity index (χ2v) is 8.57. The van der Waals surface area contributed by atoms with Crippen molar-refractivity contribution >= 4 is 39.4 Å². The highest BCUT2D eigenvalue weighted by atomic mass is 32.2. The van der Waals surface area contributed by atoms with Crippen LogP contribution in [0.15, 0.2) is 20.6 Å². The maximum Gasteiger partial charge on any atom is 0.259 e. The molecule has 1 aliphatic carbocycles. The minimum absolute atomic E-state index is 0.0651. The minimum atomic E-state index is 0.0651. The van der Waals surface area contributed by atoms with Crippen LogP contribution in [0.5, 0.6) is 0 Å². The Balaban J connectivity index is 1.66. The van der Waals surface area contributed by atoms with E-state index in [0.29, 0.717) is 5.75 Å². The topological polar surface area (TPSA) is 47.3 Å². The molecule has 3 heterocycles. The second-order valence-electron chi connectivity index (χ2n) is 5.43. The van der Waals surface area contributed by atoms with Crippen molar-refractivity contribution in [2.75, 3.05) is 0 Å². The number of hydrogen-bond donors (Lipinski definition) is 0. The van der Waals surface area contributed by atoms with Gasteiger partial charge in [-0.25, -0.2) is 9.97 Å². The van der Waals surface area contributed by atoms with Gasteiger partial charge in [0.25, 0.3) is 5.56 Å². The average molecular weight is 350 g/mol. The van der Waals surface area contributed by atoms with Crippen molar-refractivity contribution in [3.63, 3.8) is 0 Å². The molecular formula is C15H15N3OS3. The zero-order chi connectivity index (χ0) is 15.1. The van der Waals surface area contributed by atoms with Crippen molar-refractivity contribution in [1.82, 2.24) is 14.4 Å². The summed E-state index contributed by atoms with van der Waals surface area (Å²) in [6, 6.07) is 1.68. The molecule has 0 saturated carbocycles. The molecule has 0 bridgehead atoms. The molecular weight excluding hydrogens is 334 g/mol. The average Bonchev–Trinajstić information content (AvgIpc) is 3.08. The lowest BCUT2D eigenvalue weighted by molar-refractivity contribution is 0.670. The Kier molecular flexibility index (Phi) is 3.79. The van der Waals surface area contributed by atoms with E-state index in [1.165, 1.54) is 23.4 Å². The van der Waals surface area contributed by atoms with Crippen LogP contribution in [0.1, 0.15) is 34.8 Å². The molecule has 1 aliphatic rings. The van der Waals surface area contributed by atoms with Crippen LogP contribution in [0.25, 0.3) is 4.96 Å². The van der Waals surface area contributed by atoms with E-state index >= 15 is 0 Å². The second kappa shape index (κ2) is 5.79. The molecule has 0 saturated heterocycles. The van der Waals surface area contributed by atoms with Crippen molar-refractivity contribution < 1.29 is 0 Å². The number of aromatic nitrogens is 3. The van der Waals surface area contributed by atoms with E-state index in [4.69, 9.17) is 4.98 Å². The summed E-state index contributed by atoms with van der Waals surface area (Å²) in [6.45, 7) is 1.99. The third kappa shape index (κ3) is 2.61. The lowest BCUT2D eigenvalue weighted by atomic mass is 10.0. The molecule has 0 amide bonds. The van der Waals surface area contributed by atoms with Crippen molar-refractivity contribution in [1.29, 1.82) is 0 Å². The van der Waals surface area contributed by atoms with Gasteiger partial charge in [0.15, 0.2) is 4.96 Å². The van der Waals surface area contributed by atoms with E-state index in [1.807, 2.05) is 16.7 Å². The van der Waals surface area contributed by atoms with Gasteiger partial charge in [0, 0.05) is 33.5 Å². The summed E-state index contributed by atoms with van der Waals surface area (Å²) in [5, 5.41) is 2.04. The number of thiazole rings is 2. The highest BCUT2D eigenvalue weighted by Gasteiger charge is 2.18. The summed E-state index contributed by atoms with van der Waals surface area (Å²) in [7, 11) is 0. The van der Waals surface area contributed by atoms with Gasteiger partial charge >= 0.3 is 0 Å². The summed E-state index contributed by atoms with van der Waals surface area (Å²) in [5.41, 5.74) is 3.15. The molecule has 4 rings (SSSR count). The van der Waals surface area contributed by atoms with E-state index in [1.54, 1.807) is 40.5 Å². The fourth-order valence-electron chi connectivity index (χ4n) is 2.75. The number of fused-ring (bicyclic) bond motifs is 3. The van der Waals surface area contributed by atoms with Gasteiger partial charge in [-0.3, -0.25) is 9.20 Å². The van der Waals surface area contributed by atoms with Crippen molar-refractivity contribution in [3.8, 4) is 0 Å². The van der Waals surface area contributed by atoms with Gasteiger partial charge in [-0.1, -0.05) is 11.8 Å². The lowest BCUT2D eigenvalue weighted by Gasteiger charge is -2.10. The fourth-order valence-corrected chi connectivity index (χ4v) is 5.72. The quantitative estimate of drug-likeness (QED) is 0.677. The third-order valence-electron chi connectivity index (χ3n) is 3.76. The Bertz CT molecular complexity index is 893. The molecule has 0 spiro atoms. The van der Waals surface area contributed by atoms with Crippen LogP contribution in [-0.4, -0.2) is 14.4 Å². The molecule has 0 aromatic carbocycles. The Morgan fingerprint density at radius 2 is 2.18 bits per heavy atom. The van der Waals surface area contributed by atoms with E-state index in [-0.39, 0.29) is 5.56 Å². The zero-order valence-electron chi connectivity index (χ0n) is 12.2. The summed E-state index contributed by atoms with van der Waals surface area (Å²) in [6.07, 6.45) is 4.49. The smallest absolute Gasteiger partial charge is 0.259 e. The van der Waals surface area contributed by atoms with Crippen molar-refractivity contribution in [2.45, 2.75) is 42.7 Å². The molecule has 0 N–H and O–H groups in total. The minimum Gasteiger partial charge on any atom is -0.269 e. The first-order valence-corrected chi connectivity index (χ1v) is 9.97. The van der Waals surface area contributed by atoms with Crippen LogP contribution >= 0.6 is 34.4 Å². The maximum atomic E-state index is 12.5. The van der Waals surface area contributed by atoms with E-state index in [9.17, 15) is 4.79 Å². The lowest BCUT2D eigenvalue weighted by Crippen LogP contribution is -2.17. The van der Waals surface area contributed by atoms with Crippen LogP contribution in [0.3, 0.4) is 0 Å². The molecule has 0 aliphatic heterocycles. The molecule has 3 aromatic heterocycles. The third-order valence-corrected chi connectivity index (χ3v) is 7.07. The van der Waals surface area contributed by atoms with Crippen molar-refractivity contribution in [3.05, 3.63) is 43.8 Å². The molecule has 114 valence electrons. The Morgan fingerprint density at radius 1 is 1.32 bits per heavy atom. The van der Waals surface area contributed by atoms with Gasteiger partial charge in [0.05, 0.1) is 5.69 Å². The summed E-state index contributed by atoms with van der Waals surface area (Å²) in [4.78, 5) is 23.8. The molecule has 0 unspecified atom stereocenters. The fraction of sp³-hybridized carbons (Fsp3) is 0.400. The maximum absolute atomic E-state index is 12.5. The van der Waals surface area contributed by atoms with Crippen LogP contribution < -0.4 is 5.56 Å². The SMILES string of the molecule is Cc1csc(SCc2cc(=O)n3c4c(sc3n2)CCCC4)n1. The summed E-state index contributed by atoms with van der Waals surface area (Å²) in [5.74, 6) is 0.696. The normalized spacial score (nSPS) is 14.4. The first-order chi connectivity index (χ1) is 10.7. The standard InChI is InChI=1S/C15H15N3OS3/c1-9-7-20-15(16-9)21-8-10-6-13(19)18-11-4-2-3-5-12(11)22-14(18)17-10/h6-7H,2-5,8H2,1H3. The molecule has 4 nitrogen and oxygen atoms in total. The van der Waals surface area contributed by atoms with Gasteiger partial charge in [-0.2, -0.15) is 0 Å². The number of nitrogens with zero attached hydrogens (tertiary/aromatic N) is 3. The summed E-state index contributed by atoms with van der Waals surface area (Å²) >= 11 is 4.97. The predicted octanol–water partition coefficient (Wildman–Crippen LogP) is 3.69. The van der Waals surface area contributed by atoms with Gasteiger partial charge < -0.3 is 0 Å². The van der Waals surface area contributed by atoms with Gasteiger partial charge in [0.2, 0.25) is 0 Å². The molecule has 22 heavy (non-hydrogen) atoms. The number of aryl methyl sites for hydroxylation is 3. The van der Waals surface area contributed by atoms with Gasteiger partial charge in [-0.15, -0.1) is 22.7 Å². The van der Waals surface area contributed by atoms with Crippen LogP contribution in [-0.2, 0) is 18.6 Å². The Morgan fingerprint density at radius 3 is 3.00 bits per heavy atom. The highest BCUT2D eigenvalue weighted by Crippen LogP contribution is 2.29. The summed E-state index contributed by atoms with van der Waals surface area (Å²) < 4.78 is 2.85. The van der Waals surface area contributed by atoms with E-state index in [2.05, 4.69) is 4.98 Å². The Labute approximate surface area is 140 Å². The molecule has 3 aromatic rings. The van der Waals surface area contributed by atoms with Gasteiger partial charge in [0.1, 0.15) is 4.34 Å². The highest BCUT2D eigenvalue weighted by molar-refractivity contribution is 8.00. The monoisotopic (exact) mass is 349 g/mol. The molecule has 0 fully saturated rings. The first-order valence-electron chi connectivity index (χ1n) is 7.29. The van der Waals surface area contributed by atoms with Crippen LogP contribution in [0.2, 0.25) is 0 Å². The number of thioether (sulfide) groups is 1. The first kappa shape index (κ1) is 14.4. The zero-order valence-corrected chi connectivity index (χ0v) is 14.6. The largest absolute Gasteiger partial charge is 0.269 e. The van der Waals surface area contributed by atoms with Gasteiger partial charge in [-0.05, 0) is 32.6 Å². The predicted molar refractivity (Wildman–Crippen MR) is 92.4 cm³/mol. The van der Waals surface area contributed by atoms with E-state index in [0.717, 1.165) is 33.5 Å². The van der Waals surface area contributed by atoms with Crippen LogP contribution in [0, 0.1) is 6.92 Å².